The van der Waals surface area contributed by atoms with Crippen molar-refractivity contribution in [1.82, 2.24) is 10.1 Å². The van der Waals surface area contributed by atoms with Crippen LogP contribution in [0.25, 0.3) is 0 Å². The molecule has 1 N–H and O–H groups in total. The topological polar surface area (TPSA) is 92.9 Å². The van der Waals surface area contributed by atoms with Gasteiger partial charge in [-0.15, -0.1) is 0 Å². The SMILES string of the molecule is O=C(O)c1cc(C2CCN(C(=O)C3COC3)CC2)no1. The van der Waals surface area contributed by atoms with Gasteiger partial charge in [-0.2, -0.15) is 0 Å². The predicted octanol–water partition coefficient (Wildman–Crippen LogP) is 0.725. The summed E-state index contributed by atoms with van der Waals surface area (Å²) in [5.41, 5.74) is 0.668. The zero-order chi connectivity index (χ0) is 14.1. The number of aromatic nitrogens is 1. The van der Waals surface area contributed by atoms with Gasteiger partial charge in [0.2, 0.25) is 11.7 Å². The largest absolute Gasteiger partial charge is 0.475 e. The number of amides is 1. The molecule has 1 amide bonds. The number of hydrogen-bond donors (Lipinski definition) is 1. The molecule has 0 atom stereocenters. The van der Waals surface area contributed by atoms with Gasteiger partial charge in [0.05, 0.1) is 24.8 Å². The highest BCUT2D eigenvalue weighted by atomic mass is 16.5. The summed E-state index contributed by atoms with van der Waals surface area (Å²) >= 11 is 0. The van der Waals surface area contributed by atoms with E-state index in [0.717, 1.165) is 12.8 Å². The maximum Gasteiger partial charge on any atom is 0.374 e. The van der Waals surface area contributed by atoms with Crippen LogP contribution in [-0.4, -0.2) is 53.3 Å². The molecule has 0 spiro atoms. The van der Waals surface area contributed by atoms with Crippen LogP contribution in [0.3, 0.4) is 0 Å². The van der Waals surface area contributed by atoms with E-state index in [1.165, 1.54) is 6.07 Å². The highest BCUT2D eigenvalue weighted by molar-refractivity contribution is 5.84. The van der Waals surface area contributed by atoms with Gasteiger partial charge in [-0.1, -0.05) is 5.16 Å². The average molecular weight is 280 g/mol. The summed E-state index contributed by atoms with van der Waals surface area (Å²) in [4.78, 5) is 24.7. The number of ether oxygens (including phenoxy) is 1. The molecule has 0 saturated carbocycles. The molecular weight excluding hydrogens is 264 g/mol. The summed E-state index contributed by atoms with van der Waals surface area (Å²) in [7, 11) is 0. The number of piperidine rings is 1. The van der Waals surface area contributed by atoms with Crippen LogP contribution in [0.1, 0.15) is 35.0 Å². The van der Waals surface area contributed by atoms with Crippen molar-refractivity contribution in [3.63, 3.8) is 0 Å². The van der Waals surface area contributed by atoms with Crippen LogP contribution >= 0.6 is 0 Å². The second-order valence-corrected chi connectivity index (χ2v) is 5.26. The summed E-state index contributed by atoms with van der Waals surface area (Å²) in [5, 5.41) is 12.6. The second kappa shape index (κ2) is 5.24. The van der Waals surface area contributed by atoms with Crippen molar-refractivity contribution < 1.29 is 24.0 Å². The first-order valence-electron chi connectivity index (χ1n) is 6.71. The van der Waals surface area contributed by atoms with Crippen molar-refractivity contribution in [2.75, 3.05) is 26.3 Å². The van der Waals surface area contributed by atoms with E-state index >= 15 is 0 Å². The molecule has 2 aliphatic heterocycles. The van der Waals surface area contributed by atoms with Crippen LogP contribution in [-0.2, 0) is 9.53 Å². The van der Waals surface area contributed by atoms with Crippen molar-refractivity contribution in [3.8, 4) is 0 Å². The van der Waals surface area contributed by atoms with Crippen molar-refractivity contribution in [2.45, 2.75) is 18.8 Å². The Morgan fingerprint density at radius 3 is 2.50 bits per heavy atom. The van der Waals surface area contributed by atoms with Gasteiger partial charge < -0.3 is 19.3 Å². The number of hydrogen-bond acceptors (Lipinski definition) is 5. The maximum absolute atomic E-state index is 12.1. The fourth-order valence-corrected chi connectivity index (χ4v) is 2.61. The van der Waals surface area contributed by atoms with Crippen LogP contribution in [0.4, 0.5) is 0 Å². The Bertz CT molecular complexity index is 515. The first-order valence-corrected chi connectivity index (χ1v) is 6.71. The number of carbonyl (C=O) groups excluding carboxylic acids is 1. The molecule has 7 heteroatoms. The van der Waals surface area contributed by atoms with Crippen LogP contribution in [0, 0.1) is 5.92 Å². The molecule has 20 heavy (non-hydrogen) atoms. The molecule has 2 fully saturated rings. The van der Waals surface area contributed by atoms with Gasteiger partial charge in [0.1, 0.15) is 0 Å². The molecule has 0 aliphatic carbocycles. The van der Waals surface area contributed by atoms with E-state index in [-0.39, 0.29) is 23.5 Å². The number of nitrogens with zero attached hydrogens (tertiary/aromatic N) is 2. The molecule has 108 valence electrons. The summed E-state index contributed by atoms with van der Waals surface area (Å²) in [5.74, 6) is -0.890. The smallest absolute Gasteiger partial charge is 0.374 e. The Morgan fingerprint density at radius 2 is 2.00 bits per heavy atom. The Labute approximate surface area is 115 Å². The lowest BCUT2D eigenvalue weighted by atomic mass is 9.92. The third-order valence-corrected chi connectivity index (χ3v) is 3.95. The van der Waals surface area contributed by atoms with E-state index in [1.54, 1.807) is 0 Å². The highest BCUT2D eigenvalue weighted by Gasteiger charge is 2.33. The van der Waals surface area contributed by atoms with Crippen molar-refractivity contribution in [2.24, 2.45) is 5.92 Å². The zero-order valence-electron chi connectivity index (χ0n) is 10.9. The van der Waals surface area contributed by atoms with Crippen LogP contribution in [0.5, 0.6) is 0 Å². The van der Waals surface area contributed by atoms with Crippen molar-refractivity contribution >= 4 is 11.9 Å². The van der Waals surface area contributed by atoms with Crippen LogP contribution in [0.15, 0.2) is 10.6 Å². The normalized spacial score (nSPS) is 20.7. The summed E-state index contributed by atoms with van der Waals surface area (Å²) in [6.45, 7) is 2.42. The molecule has 0 radical (unpaired) electrons. The lowest BCUT2D eigenvalue weighted by Crippen LogP contribution is -2.47. The molecular formula is C13H16N2O5. The number of likely N-dealkylation sites (tertiary alicyclic amines) is 1. The number of aromatic carboxylic acids is 1. The van der Waals surface area contributed by atoms with E-state index < -0.39 is 5.97 Å². The maximum atomic E-state index is 12.1. The molecule has 1 aromatic rings. The van der Waals surface area contributed by atoms with Crippen LogP contribution < -0.4 is 0 Å². The summed E-state index contributed by atoms with van der Waals surface area (Å²) in [6, 6.07) is 1.48. The molecule has 2 aliphatic rings. The van der Waals surface area contributed by atoms with Gasteiger partial charge in [0, 0.05) is 25.1 Å². The van der Waals surface area contributed by atoms with Crippen molar-refractivity contribution in [3.05, 3.63) is 17.5 Å². The molecule has 0 aromatic carbocycles. The molecule has 3 heterocycles. The Balaban J connectivity index is 1.57. The van der Waals surface area contributed by atoms with E-state index in [4.69, 9.17) is 14.4 Å². The molecule has 0 bridgehead atoms. The second-order valence-electron chi connectivity index (χ2n) is 5.26. The van der Waals surface area contributed by atoms with E-state index in [0.29, 0.717) is 32.0 Å². The number of carboxylic acid groups (broad SMARTS) is 1. The number of carboxylic acids is 1. The first-order chi connectivity index (χ1) is 9.65. The highest BCUT2D eigenvalue weighted by Crippen LogP contribution is 2.29. The van der Waals surface area contributed by atoms with Gasteiger partial charge in [0.15, 0.2) is 0 Å². The lowest BCUT2D eigenvalue weighted by Gasteiger charge is -2.36. The molecule has 3 rings (SSSR count). The monoisotopic (exact) mass is 280 g/mol. The first kappa shape index (κ1) is 13.1. The quantitative estimate of drug-likeness (QED) is 0.877. The van der Waals surface area contributed by atoms with Crippen molar-refractivity contribution in [1.29, 1.82) is 0 Å². The fraction of sp³-hybridized carbons (Fsp3) is 0.615. The van der Waals surface area contributed by atoms with Gasteiger partial charge >= 0.3 is 5.97 Å². The van der Waals surface area contributed by atoms with Gasteiger partial charge in [-0.3, -0.25) is 4.79 Å². The minimum absolute atomic E-state index is 0.0252. The number of carbonyl (C=O) groups is 2. The van der Waals surface area contributed by atoms with Gasteiger partial charge in [-0.25, -0.2) is 4.79 Å². The standard InChI is InChI=1S/C13H16N2O5/c16-12(9-6-19-7-9)15-3-1-8(2-4-15)10-5-11(13(17)18)20-14-10/h5,8-9H,1-4,6-7H2,(H,17,18). The summed E-state index contributed by atoms with van der Waals surface area (Å²) < 4.78 is 9.81. The Morgan fingerprint density at radius 1 is 1.30 bits per heavy atom. The minimum Gasteiger partial charge on any atom is -0.475 e. The average Bonchev–Trinajstić information content (AvgIpc) is 2.86. The van der Waals surface area contributed by atoms with Gasteiger partial charge in [-0.05, 0) is 12.8 Å². The zero-order valence-corrected chi connectivity index (χ0v) is 10.9. The predicted molar refractivity (Wildman–Crippen MR) is 66.3 cm³/mol. The molecule has 1 aromatic heterocycles. The van der Waals surface area contributed by atoms with E-state index in [2.05, 4.69) is 5.16 Å². The summed E-state index contributed by atoms with van der Waals surface area (Å²) in [6.07, 6.45) is 1.57. The van der Waals surface area contributed by atoms with E-state index in [9.17, 15) is 9.59 Å². The van der Waals surface area contributed by atoms with E-state index in [1.807, 2.05) is 4.90 Å². The molecule has 0 unspecified atom stereocenters. The Hall–Kier alpha value is -1.89. The minimum atomic E-state index is -1.11. The third-order valence-electron chi connectivity index (χ3n) is 3.95. The van der Waals surface area contributed by atoms with Gasteiger partial charge in [0.25, 0.3) is 0 Å². The number of rotatable bonds is 3. The van der Waals surface area contributed by atoms with Crippen LogP contribution in [0.2, 0.25) is 0 Å². The third kappa shape index (κ3) is 2.40. The lowest BCUT2D eigenvalue weighted by molar-refractivity contribution is -0.150. The Kier molecular flexibility index (Phi) is 3.43. The molecule has 7 nitrogen and oxygen atoms in total. The fourth-order valence-electron chi connectivity index (χ4n) is 2.61. The molecule has 2 saturated heterocycles.